The average Bonchev–Trinajstić information content (AvgIpc) is 2.60. The maximum Gasteiger partial charge on any atom is 0.251 e. The van der Waals surface area contributed by atoms with Gasteiger partial charge in [0.2, 0.25) is 0 Å². The van der Waals surface area contributed by atoms with Crippen LogP contribution < -0.4 is 10.6 Å². The smallest absolute Gasteiger partial charge is 0.0616 e. The van der Waals surface area contributed by atoms with Crippen molar-refractivity contribution in [1.29, 1.82) is 0 Å². The highest BCUT2D eigenvalue weighted by Crippen LogP contribution is 2.28. The molecule has 0 saturated carbocycles. The van der Waals surface area contributed by atoms with Gasteiger partial charge in [0.05, 0.1) is 0 Å². The molecule has 0 spiro atoms. The molecule has 4 aromatic rings. The van der Waals surface area contributed by atoms with Gasteiger partial charge in [-0.3, -0.25) is 0 Å². The fourth-order valence-corrected chi connectivity index (χ4v) is 5.40. The van der Waals surface area contributed by atoms with Crippen LogP contribution in [0.1, 0.15) is 0 Å². The lowest BCUT2D eigenvalue weighted by Crippen LogP contribution is -2.08. The normalized spacial score (nSPS) is 10.9. The molecule has 0 aliphatic carbocycles. The van der Waals surface area contributed by atoms with Gasteiger partial charge in [-0.2, -0.15) is 0 Å². The highest BCUT2D eigenvalue weighted by molar-refractivity contribution is 8.12. The minimum atomic E-state index is -0.787. The van der Waals surface area contributed by atoms with E-state index in [0.717, 1.165) is 0 Å². The van der Waals surface area contributed by atoms with Crippen molar-refractivity contribution in [2.75, 3.05) is 0 Å². The lowest BCUT2D eigenvalue weighted by Gasteiger charge is -2.02. The summed E-state index contributed by atoms with van der Waals surface area (Å²) in [5.41, 5.74) is 0. The van der Waals surface area contributed by atoms with Crippen LogP contribution in [-0.2, 0) is 11.8 Å². The summed E-state index contributed by atoms with van der Waals surface area (Å²) in [4.78, 5) is 0. The molecule has 0 amide bonds. The van der Waals surface area contributed by atoms with Crippen LogP contribution in [0.15, 0.2) is 84.9 Å². The van der Waals surface area contributed by atoms with Gasteiger partial charge in [0.25, 0.3) is 6.70 Å². The van der Waals surface area contributed by atoms with Gasteiger partial charge in [0.1, 0.15) is 0 Å². The Morgan fingerprint density at radius 3 is 1.41 bits per heavy atom. The molecule has 0 fully saturated rings. The molecule has 0 aliphatic heterocycles. The zero-order chi connectivity index (χ0) is 14.9. The fourth-order valence-electron chi connectivity index (χ4n) is 2.90. The first-order valence-corrected chi connectivity index (χ1v) is 9.63. The molecule has 0 bridgehead atoms. The van der Waals surface area contributed by atoms with Gasteiger partial charge >= 0.3 is 0 Å². The maximum atomic E-state index is 5.99. The van der Waals surface area contributed by atoms with Crippen molar-refractivity contribution in [2.24, 2.45) is 0 Å². The Morgan fingerprint density at radius 2 is 0.909 bits per heavy atom. The minimum absolute atomic E-state index is 0.787. The van der Waals surface area contributed by atoms with Crippen LogP contribution in [0.2, 0.25) is 0 Å². The zero-order valence-corrected chi connectivity index (χ0v) is 13.6. The average molecular weight is 317 g/mol. The van der Waals surface area contributed by atoms with Crippen LogP contribution in [-0.4, -0.2) is 0 Å². The molecule has 0 atom stereocenters. The highest BCUT2D eigenvalue weighted by atomic mass is 32.4. The molecule has 0 aromatic heterocycles. The second-order valence-corrected chi connectivity index (χ2v) is 7.94. The van der Waals surface area contributed by atoms with Crippen LogP contribution in [0.4, 0.5) is 0 Å². The molecule has 4 rings (SSSR count). The fraction of sp³-hybridized carbons (Fsp3) is 0. The number of benzene rings is 4. The summed E-state index contributed by atoms with van der Waals surface area (Å²) in [6.07, 6.45) is 0. The van der Waals surface area contributed by atoms with Crippen molar-refractivity contribution >= 4 is 50.7 Å². The third-order valence-electron chi connectivity index (χ3n) is 3.97. The zero-order valence-electron chi connectivity index (χ0n) is 11.9. The van der Waals surface area contributed by atoms with E-state index in [-0.39, 0.29) is 0 Å². The van der Waals surface area contributed by atoms with Crippen LogP contribution in [0, 0.1) is 0 Å². The van der Waals surface area contributed by atoms with Crippen LogP contribution >= 0.6 is 6.70 Å². The SMILES string of the molecule is S=[P+](c1cccc2ccccc12)c1cccc2ccccc12. The Hall–Kier alpha value is -2.08. The summed E-state index contributed by atoms with van der Waals surface area (Å²) in [5.74, 6) is 0. The molecule has 2 heteroatoms. The summed E-state index contributed by atoms with van der Waals surface area (Å²) in [6, 6.07) is 29.9. The molecule has 104 valence electrons. The topological polar surface area (TPSA) is 0 Å². The second-order valence-electron chi connectivity index (χ2n) is 5.29. The van der Waals surface area contributed by atoms with E-state index in [1.165, 1.54) is 32.2 Å². The Bertz CT molecular complexity index is 913. The van der Waals surface area contributed by atoms with E-state index >= 15 is 0 Å². The molecule has 0 N–H and O–H groups in total. The van der Waals surface area contributed by atoms with Gasteiger partial charge < -0.3 is 0 Å². The largest absolute Gasteiger partial charge is 0.251 e. The minimum Gasteiger partial charge on any atom is -0.0616 e. The number of hydrogen-bond donors (Lipinski definition) is 0. The van der Waals surface area contributed by atoms with Crippen LogP contribution in [0.3, 0.4) is 0 Å². The molecular formula is C20H14PS+. The number of rotatable bonds is 2. The molecule has 0 saturated heterocycles. The molecule has 22 heavy (non-hydrogen) atoms. The van der Waals surface area contributed by atoms with Gasteiger partial charge in [0, 0.05) is 10.8 Å². The monoisotopic (exact) mass is 317 g/mol. The van der Waals surface area contributed by atoms with Gasteiger partial charge in [-0.1, -0.05) is 60.7 Å². The van der Waals surface area contributed by atoms with Gasteiger partial charge in [-0.15, -0.1) is 0 Å². The van der Waals surface area contributed by atoms with E-state index < -0.39 is 6.70 Å². The predicted molar refractivity (Wildman–Crippen MR) is 101 cm³/mol. The van der Waals surface area contributed by atoms with Crippen molar-refractivity contribution in [3.8, 4) is 0 Å². The van der Waals surface area contributed by atoms with E-state index in [1.807, 2.05) is 0 Å². The number of fused-ring (bicyclic) bond motifs is 2. The molecule has 0 heterocycles. The van der Waals surface area contributed by atoms with Gasteiger partial charge in [-0.25, -0.2) is 0 Å². The lowest BCUT2D eigenvalue weighted by atomic mass is 10.1. The third-order valence-corrected chi connectivity index (χ3v) is 6.81. The molecule has 4 aromatic carbocycles. The Labute approximate surface area is 135 Å². The van der Waals surface area contributed by atoms with E-state index in [4.69, 9.17) is 11.8 Å². The second kappa shape index (κ2) is 5.61. The molecule has 0 radical (unpaired) electrons. The molecule has 0 nitrogen and oxygen atoms in total. The van der Waals surface area contributed by atoms with Crippen molar-refractivity contribution in [2.45, 2.75) is 0 Å². The van der Waals surface area contributed by atoms with Crippen molar-refractivity contribution in [3.05, 3.63) is 84.9 Å². The summed E-state index contributed by atoms with van der Waals surface area (Å²) < 4.78 is 0. The van der Waals surface area contributed by atoms with Crippen molar-refractivity contribution in [1.82, 2.24) is 0 Å². The first kappa shape index (κ1) is 13.6. The maximum absolute atomic E-state index is 5.99. The van der Waals surface area contributed by atoms with E-state index in [0.29, 0.717) is 0 Å². The highest BCUT2D eigenvalue weighted by Gasteiger charge is 2.22. The summed E-state index contributed by atoms with van der Waals surface area (Å²) >= 11 is 5.99. The first-order chi connectivity index (χ1) is 10.8. The van der Waals surface area contributed by atoms with Gasteiger partial charge in [0.15, 0.2) is 22.4 Å². The standard InChI is InChI=1S/C20H14PS/c22-21(19-13-5-9-15-7-1-3-11-17(15)19)20-14-6-10-16-8-2-4-12-18(16)20/h1-14H/q+1. The van der Waals surface area contributed by atoms with Crippen LogP contribution in [0.25, 0.3) is 21.5 Å². The molecule has 0 unspecified atom stereocenters. The van der Waals surface area contributed by atoms with Crippen molar-refractivity contribution in [3.63, 3.8) is 0 Å². The summed E-state index contributed by atoms with van der Waals surface area (Å²) in [7, 11) is 0. The molecular weight excluding hydrogens is 303 g/mol. The Balaban J connectivity index is 1.97. The van der Waals surface area contributed by atoms with Gasteiger partial charge in [-0.05, 0) is 35.0 Å². The van der Waals surface area contributed by atoms with E-state index in [1.54, 1.807) is 0 Å². The molecule has 0 aliphatic rings. The van der Waals surface area contributed by atoms with E-state index in [2.05, 4.69) is 84.9 Å². The summed E-state index contributed by atoms with van der Waals surface area (Å²) in [5, 5.41) is 7.63. The van der Waals surface area contributed by atoms with Crippen LogP contribution in [0.5, 0.6) is 0 Å². The van der Waals surface area contributed by atoms with E-state index in [9.17, 15) is 0 Å². The Kier molecular flexibility index (Phi) is 3.46. The predicted octanol–water partition coefficient (Wildman–Crippen LogP) is 4.89. The summed E-state index contributed by atoms with van der Waals surface area (Å²) in [6.45, 7) is -0.787. The third kappa shape index (κ3) is 2.23. The Morgan fingerprint density at radius 1 is 0.500 bits per heavy atom. The first-order valence-electron chi connectivity index (χ1n) is 7.27. The van der Waals surface area contributed by atoms with Crippen molar-refractivity contribution < 1.29 is 0 Å². The number of hydrogen-bond acceptors (Lipinski definition) is 1. The lowest BCUT2D eigenvalue weighted by molar-refractivity contribution is 1.77. The quantitative estimate of drug-likeness (QED) is 0.474.